The van der Waals surface area contributed by atoms with E-state index in [0.29, 0.717) is 6.54 Å². The van der Waals surface area contributed by atoms with Crippen LogP contribution in [-0.4, -0.2) is 42.0 Å². The third kappa shape index (κ3) is 4.13. The first-order chi connectivity index (χ1) is 12.0. The maximum absolute atomic E-state index is 12.8. The molecule has 0 unspecified atom stereocenters. The van der Waals surface area contributed by atoms with Crippen molar-refractivity contribution in [1.29, 1.82) is 0 Å². The number of thiophene rings is 1. The first-order valence-electron chi connectivity index (χ1n) is 8.97. The molecular formula is C19H27N3OS2. The predicted octanol–water partition coefficient (Wildman–Crippen LogP) is 4.56. The van der Waals surface area contributed by atoms with Gasteiger partial charge in [-0.05, 0) is 45.3 Å². The highest BCUT2D eigenvalue weighted by Crippen LogP contribution is 2.32. The zero-order chi connectivity index (χ0) is 17.9. The Morgan fingerprint density at radius 3 is 2.60 bits per heavy atom. The molecule has 0 bridgehead atoms. The maximum atomic E-state index is 12.8. The number of nitrogens with zero attached hydrogens (tertiary/aromatic N) is 2. The minimum Gasteiger partial charge on any atom is -0.349 e. The highest BCUT2D eigenvalue weighted by Gasteiger charge is 2.33. The normalized spacial score (nSPS) is 17.4. The third-order valence-corrected chi connectivity index (χ3v) is 7.22. The van der Waals surface area contributed by atoms with Crippen molar-refractivity contribution in [3.8, 4) is 10.6 Å². The summed E-state index contributed by atoms with van der Waals surface area (Å²) in [6.45, 7) is 2.64. The number of thiazole rings is 1. The van der Waals surface area contributed by atoms with Crippen molar-refractivity contribution in [3.63, 3.8) is 0 Å². The van der Waals surface area contributed by atoms with Gasteiger partial charge in [-0.2, -0.15) is 11.3 Å². The fourth-order valence-electron chi connectivity index (χ4n) is 3.61. The lowest BCUT2D eigenvalue weighted by molar-refractivity contribution is 0.0872. The summed E-state index contributed by atoms with van der Waals surface area (Å²) < 4.78 is 0. The monoisotopic (exact) mass is 377 g/mol. The van der Waals surface area contributed by atoms with Gasteiger partial charge >= 0.3 is 0 Å². The fraction of sp³-hybridized carbons (Fsp3) is 0.579. The van der Waals surface area contributed by atoms with Gasteiger partial charge in [0.15, 0.2) is 0 Å². The molecule has 25 heavy (non-hydrogen) atoms. The molecule has 136 valence electrons. The molecule has 2 aromatic heterocycles. The fourth-order valence-corrected chi connectivity index (χ4v) is 5.30. The van der Waals surface area contributed by atoms with E-state index in [1.807, 2.05) is 12.3 Å². The van der Waals surface area contributed by atoms with E-state index in [9.17, 15) is 4.79 Å². The summed E-state index contributed by atoms with van der Waals surface area (Å²) in [6.07, 6.45) is 7.42. The lowest BCUT2D eigenvalue weighted by Gasteiger charge is -2.39. The van der Waals surface area contributed by atoms with Crippen LogP contribution in [0, 0.1) is 6.92 Å². The molecule has 0 atom stereocenters. The molecule has 1 aliphatic rings. The van der Waals surface area contributed by atoms with E-state index < -0.39 is 0 Å². The Morgan fingerprint density at radius 1 is 1.28 bits per heavy atom. The van der Waals surface area contributed by atoms with Gasteiger partial charge in [0.1, 0.15) is 9.88 Å². The zero-order valence-corrected chi connectivity index (χ0v) is 16.9. The third-order valence-electron chi connectivity index (χ3n) is 5.33. The van der Waals surface area contributed by atoms with Crippen molar-refractivity contribution < 1.29 is 4.79 Å². The van der Waals surface area contributed by atoms with Crippen LogP contribution in [0.5, 0.6) is 0 Å². The number of amides is 1. The standard InChI is InChI=1S/C19H27N3OS2/c1-14-16(25-18(21-14)15-8-11-24-12-15)17(23)20-13-19(22(2)3)9-6-4-5-7-10-19/h8,11-12H,4-7,9-10,13H2,1-3H3,(H,20,23). The SMILES string of the molecule is Cc1nc(-c2ccsc2)sc1C(=O)NCC1(N(C)C)CCCCCC1. The first-order valence-corrected chi connectivity index (χ1v) is 10.7. The van der Waals surface area contributed by atoms with Gasteiger partial charge in [0.25, 0.3) is 5.91 Å². The molecule has 2 heterocycles. The molecule has 1 amide bonds. The average Bonchev–Trinajstić information content (AvgIpc) is 3.17. The quantitative estimate of drug-likeness (QED) is 0.777. The molecule has 0 aliphatic heterocycles. The second-order valence-corrected chi connectivity index (χ2v) is 8.94. The minimum absolute atomic E-state index is 0.0157. The van der Waals surface area contributed by atoms with E-state index in [1.165, 1.54) is 37.0 Å². The largest absolute Gasteiger partial charge is 0.349 e. The van der Waals surface area contributed by atoms with Crippen LogP contribution in [0.3, 0.4) is 0 Å². The molecule has 0 aromatic carbocycles. The van der Waals surface area contributed by atoms with Crippen molar-refractivity contribution in [2.75, 3.05) is 20.6 Å². The predicted molar refractivity (Wildman–Crippen MR) is 107 cm³/mol. The minimum atomic E-state index is 0.0157. The smallest absolute Gasteiger partial charge is 0.263 e. The van der Waals surface area contributed by atoms with Gasteiger partial charge in [-0.15, -0.1) is 11.3 Å². The lowest BCUT2D eigenvalue weighted by atomic mass is 9.88. The molecule has 0 spiro atoms. The van der Waals surface area contributed by atoms with Crippen molar-refractivity contribution in [2.24, 2.45) is 0 Å². The van der Waals surface area contributed by atoms with Crippen LogP contribution in [0.4, 0.5) is 0 Å². The number of hydrogen-bond donors (Lipinski definition) is 1. The van der Waals surface area contributed by atoms with Crippen molar-refractivity contribution >= 4 is 28.6 Å². The number of aromatic nitrogens is 1. The Hall–Kier alpha value is -1.24. The Morgan fingerprint density at radius 2 is 2.00 bits per heavy atom. The molecule has 1 aliphatic carbocycles. The average molecular weight is 378 g/mol. The van der Waals surface area contributed by atoms with Gasteiger partial charge < -0.3 is 10.2 Å². The van der Waals surface area contributed by atoms with Crippen LogP contribution in [0.25, 0.3) is 10.6 Å². The number of rotatable bonds is 5. The van der Waals surface area contributed by atoms with E-state index in [0.717, 1.165) is 34.0 Å². The molecule has 0 radical (unpaired) electrons. The highest BCUT2D eigenvalue weighted by molar-refractivity contribution is 7.17. The summed E-state index contributed by atoms with van der Waals surface area (Å²) in [6, 6.07) is 2.05. The summed E-state index contributed by atoms with van der Waals surface area (Å²) >= 11 is 3.15. The molecule has 1 fully saturated rings. The Kier molecular flexibility index (Phi) is 5.92. The number of aryl methyl sites for hydroxylation is 1. The van der Waals surface area contributed by atoms with Gasteiger partial charge in [0.2, 0.25) is 0 Å². The summed E-state index contributed by atoms with van der Waals surface area (Å²) in [5.74, 6) is 0.0157. The Labute approximate surface area is 158 Å². The van der Waals surface area contributed by atoms with Crippen molar-refractivity contribution in [3.05, 3.63) is 27.4 Å². The van der Waals surface area contributed by atoms with Gasteiger partial charge in [-0.3, -0.25) is 4.79 Å². The lowest BCUT2D eigenvalue weighted by Crippen LogP contribution is -2.52. The van der Waals surface area contributed by atoms with Crippen LogP contribution in [0.1, 0.15) is 53.9 Å². The van der Waals surface area contributed by atoms with E-state index in [4.69, 9.17) is 0 Å². The van der Waals surface area contributed by atoms with Gasteiger partial charge in [0.05, 0.1) is 5.69 Å². The van der Waals surface area contributed by atoms with Crippen LogP contribution in [0.15, 0.2) is 16.8 Å². The molecule has 2 aromatic rings. The number of hydrogen-bond acceptors (Lipinski definition) is 5. The van der Waals surface area contributed by atoms with E-state index in [1.54, 1.807) is 11.3 Å². The maximum Gasteiger partial charge on any atom is 0.263 e. The Bertz CT molecular complexity index is 698. The van der Waals surface area contributed by atoms with Crippen LogP contribution >= 0.6 is 22.7 Å². The molecule has 3 rings (SSSR count). The molecule has 0 saturated heterocycles. The number of carbonyl (C=O) groups is 1. The molecule has 6 heteroatoms. The summed E-state index contributed by atoms with van der Waals surface area (Å²) in [7, 11) is 4.29. The van der Waals surface area contributed by atoms with E-state index in [2.05, 4.69) is 40.7 Å². The van der Waals surface area contributed by atoms with Gasteiger partial charge in [-0.25, -0.2) is 4.98 Å². The second-order valence-electron chi connectivity index (χ2n) is 7.16. The van der Waals surface area contributed by atoms with E-state index in [-0.39, 0.29) is 11.4 Å². The molecule has 1 saturated carbocycles. The van der Waals surface area contributed by atoms with Crippen molar-refractivity contribution in [1.82, 2.24) is 15.2 Å². The topological polar surface area (TPSA) is 45.2 Å². The summed E-state index contributed by atoms with van der Waals surface area (Å²) in [5, 5.41) is 8.26. The number of likely N-dealkylation sites (N-methyl/N-ethyl adjacent to an activating group) is 1. The van der Waals surface area contributed by atoms with Gasteiger partial charge in [-0.1, -0.05) is 25.7 Å². The van der Waals surface area contributed by atoms with Gasteiger partial charge in [0, 0.05) is 23.0 Å². The highest BCUT2D eigenvalue weighted by atomic mass is 32.1. The summed E-state index contributed by atoms with van der Waals surface area (Å²) in [4.78, 5) is 20.4. The Balaban J connectivity index is 1.71. The molecular weight excluding hydrogens is 350 g/mol. The van der Waals surface area contributed by atoms with Crippen LogP contribution in [-0.2, 0) is 0 Å². The van der Waals surface area contributed by atoms with Crippen LogP contribution < -0.4 is 5.32 Å². The summed E-state index contributed by atoms with van der Waals surface area (Å²) in [5.41, 5.74) is 2.01. The number of nitrogens with one attached hydrogen (secondary N) is 1. The van der Waals surface area contributed by atoms with Crippen molar-refractivity contribution in [2.45, 2.75) is 51.0 Å². The van der Waals surface area contributed by atoms with E-state index >= 15 is 0 Å². The molecule has 1 N–H and O–H groups in total. The zero-order valence-electron chi connectivity index (χ0n) is 15.3. The van der Waals surface area contributed by atoms with Crippen LogP contribution in [0.2, 0.25) is 0 Å². The second kappa shape index (κ2) is 7.98. The number of carbonyl (C=O) groups excluding carboxylic acids is 1. The molecule has 4 nitrogen and oxygen atoms in total. The first kappa shape index (κ1) is 18.5.